The zero-order chi connectivity index (χ0) is 19.7. The minimum atomic E-state index is -0.283. The standard InChI is InChI=1S/C20H23FN6O/c1-13-17(14(2)27-20(25-13)23-12-24-27)6-7-19(28)26-9-8-22-11-18(26)15-4-3-5-16(21)10-15/h3-5,10,12,18,22H,6-9,11H2,1-2H3. The Morgan fingerprint density at radius 2 is 2.21 bits per heavy atom. The van der Waals surface area contributed by atoms with Crippen molar-refractivity contribution in [1.82, 2.24) is 29.8 Å². The van der Waals surface area contributed by atoms with Gasteiger partial charge in [0.15, 0.2) is 0 Å². The van der Waals surface area contributed by atoms with Gasteiger partial charge in [-0.05, 0) is 43.5 Å². The fourth-order valence-corrected chi connectivity index (χ4v) is 3.91. The number of aryl methyl sites for hydroxylation is 2. The van der Waals surface area contributed by atoms with E-state index in [4.69, 9.17) is 0 Å². The fraction of sp³-hybridized carbons (Fsp3) is 0.400. The summed E-state index contributed by atoms with van der Waals surface area (Å²) in [5, 5.41) is 7.50. The lowest BCUT2D eigenvalue weighted by molar-refractivity contribution is -0.134. The van der Waals surface area contributed by atoms with Crippen LogP contribution >= 0.6 is 0 Å². The Morgan fingerprint density at radius 3 is 3.04 bits per heavy atom. The third-order valence-electron chi connectivity index (χ3n) is 5.37. The van der Waals surface area contributed by atoms with Crippen molar-refractivity contribution in [1.29, 1.82) is 0 Å². The topological polar surface area (TPSA) is 75.4 Å². The Bertz CT molecular complexity index is 1020. The molecular formula is C20H23FN6O. The summed E-state index contributed by atoms with van der Waals surface area (Å²) in [6, 6.07) is 6.33. The third kappa shape index (κ3) is 3.47. The van der Waals surface area contributed by atoms with Gasteiger partial charge in [-0.25, -0.2) is 13.9 Å². The summed E-state index contributed by atoms with van der Waals surface area (Å²) in [5.74, 6) is 0.348. The fourth-order valence-electron chi connectivity index (χ4n) is 3.91. The van der Waals surface area contributed by atoms with Gasteiger partial charge in [-0.3, -0.25) is 4.79 Å². The van der Waals surface area contributed by atoms with E-state index >= 15 is 0 Å². The van der Waals surface area contributed by atoms with Crippen LogP contribution < -0.4 is 5.32 Å². The number of hydrogen-bond donors (Lipinski definition) is 1. The molecule has 1 N–H and O–H groups in total. The highest BCUT2D eigenvalue weighted by molar-refractivity contribution is 5.77. The largest absolute Gasteiger partial charge is 0.333 e. The van der Waals surface area contributed by atoms with Crippen LogP contribution in [-0.2, 0) is 11.2 Å². The highest BCUT2D eigenvalue weighted by Crippen LogP contribution is 2.24. The summed E-state index contributed by atoms with van der Waals surface area (Å²) in [6.07, 6.45) is 2.43. The van der Waals surface area contributed by atoms with Crippen molar-refractivity contribution in [2.45, 2.75) is 32.7 Å². The average Bonchev–Trinajstić information content (AvgIpc) is 3.16. The van der Waals surface area contributed by atoms with Crippen molar-refractivity contribution in [2.24, 2.45) is 0 Å². The molecular weight excluding hydrogens is 359 g/mol. The van der Waals surface area contributed by atoms with E-state index in [9.17, 15) is 9.18 Å². The Kier molecular flexibility index (Phi) is 5.04. The first-order chi connectivity index (χ1) is 13.5. The second kappa shape index (κ2) is 7.63. The van der Waals surface area contributed by atoms with Crippen LogP contribution in [0.4, 0.5) is 4.39 Å². The van der Waals surface area contributed by atoms with Crippen molar-refractivity contribution in [3.63, 3.8) is 0 Å². The number of amides is 1. The normalized spacial score (nSPS) is 17.2. The lowest BCUT2D eigenvalue weighted by Gasteiger charge is -2.36. The Labute approximate surface area is 162 Å². The predicted molar refractivity (Wildman–Crippen MR) is 102 cm³/mol. The molecule has 4 rings (SSSR count). The molecule has 28 heavy (non-hydrogen) atoms. The van der Waals surface area contributed by atoms with Gasteiger partial charge in [0.25, 0.3) is 5.78 Å². The molecule has 1 atom stereocenters. The molecule has 0 radical (unpaired) electrons. The first-order valence-corrected chi connectivity index (χ1v) is 9.46. The molecule has 1 aromatic carbocycles. The molecule has 2 aromatic heterocycles. The second-order valence-electron chi connectivity index (χ2n) is 7.10. The Hall–Kier alpha value is -2.87. The number of nitrogens with zero attached hydrogens (tertiary/aromatic N) is 5. The van der Waals surface area contributed by atoms with Crippen LogP contribution in [0.3, 0.4) is 0 Å². The number of aromatic nitrogens is 4. The average molecular weight is 382 g/mol. The van der Waals surface area contributed by atoms with Crippen LogP contribution in [0.2, 0.25) is 0 Å². The van der Waals surface area contributed by atoms with E-state index in [0.717, 1.165) is 29.1 Å². The highest BCUT2D eigenvalue weighted by atomic mass is 19.1. The van der Waals surface area contributed by atoms with Gasteiger partial charge in [-0.2, -0.15) is 10.1 Å². The number of benzene rings is 1. The third-order valence-corrected chi connectivity index (χ3v) is 5.37. The summed E-state index contributed by atoms with van der Waals surface area (Å²) in [5.41, 5.74) is 3.66. The number of piperazine rings is 1. The summed E-state index contributed by atoms with van der Waals surface area (Å²) in [6.45, 7) is 5.87. The molecule has 7 nitrogen and oxygen atoms in total. The molecule has 1 aliphatic heterocycles. The van der Waals surface area contributed by atoms with E-state index in [0.29, 0.717) is 31.7 Å². The number of carbonyl (C=O) groups is 1. The molecule has 1 aliphatic rings. The number of nitrogens with one attached hydrogen (secondary N) is 1. The first kappa shape index (κ1) is 18.5. The van der Waals surface area contributed by atoms with Crippen LogP contribution in [0.1, 0.15) is 35.0 Å². The van der Waals surface area contributed by atoms with Gasteiger partial charge < -0.3 is 10.2 Å². The molecule has 0 saturated carbocycles. The van der Waals surface area contributed by atoms with E-state index in [1.54, 1.807) is 10.6 Å². The highest BCUT2D eigenvalue weighted by Gasteiger charge is 2.28. The van der Waals surface area contributed by atoms with Gasteiger partial charge in [0.05, 0.1) is 6.04 Å². The number of rotatable bonds is 4. The number of hydrogen-bond acceptors (Lipinski definition) is 5. The van der Waals surface area contributed by atoms with E-state index in [1.807, 2.05) is 24.8 Å². The monoisotopic (exact) mass is 382 g/mol. The maximum Gasteiger partial charge on any atom is 0.252 e. The maximum atomic E-state index is 13.7. The number of fused-ring (bicyclic) bond motifs is 1. The molecule has 1 amide bonds. The molecule has 1 unspecified atom stereocenters. The number of halogens is 1. The zero-order valence-electron chi connectivity index (χ0n) is 16.0. The van der Waals surface area contributed by atoms with Crippen LogP contribution in [-0.4, -0.2) is 50.0 Å². The summed E-state index contributed by atoms with van der Waals surface area (Å²) in [4.78, 5) is 23.5. The van der Waals surface area contributed by atoms with Crippen molar-refractivity contribution in [3.8, 4) is 0 Å². The quantitative estimate of drug-likeness (QED) is 0.747. The maximum absolute atomic E-state index is 13.7. The van der Waals surface area contributed by atoms with E-state index in [2.05, 4.69) is 20.4 Å². The molecule has 3 heterocycles. The van der Waals surface area contributed by atoms with Crippen LogP contribution in [0.5, 0.6) is 0 Å². The number of carbonyl (C=O) groups excluding carboxylic acids is 1. The summed E-state index contributed by atoms with van der Waals surface area (Å²) < 4.78 is 15.4. The van der Waals surface area contributed by atoms with Gasteiger partial charge in [-0.1, -0.05) is 12.1 Å². The molecule has 0 aliphatic carbocycles. The predicted octanol–water partition coefficient (Wildman–Crippen LogP) is 1.99. The van der Waals surface area contributed by atoms with Crippen molar-refractivity contribution in [2.75, 3.05) is 19.6 Å². The molecule has 0 spiro atoms. The smallest absolute Gasteiger partial charge is 0.252 e. The summed E-state index contributed by atoms with van der Waals surface area (Å²) >= 11 is 0. The van der Waals surface area contributed by atoms with Gasteiger partial charge in [0, 0.05) is 37.4 Å². The second-order valence-corrected chi connectivity index (χ2v) is 7.10. The lowest BCUT2D eigenvalue weighted by atomic mass is 10.0. The Balaban J connectivity index is 1.52. The molecule has 1 saturated heterocycles. The zero-order valence-corrected chi connectivity index (χ0v) is 16.0. The first-order valence-electron chi connectivity index (χ1n) is 9.46. The van der Waals surface area contributed by atoms with Crippen LogP contribution in [0.15, 0.2) is 30.6 Å². The van der Waals surface area contributed by atoms with Crippen molar-refractivity contribution < 1.29 is 9.18 Å². The molecule has 1 fully saturated rings. The lowest BCUT2D eigenvalue weighted by Crippen LogP contribution is -2.48. The Morgan fingerprint density at radius 1 is 1.36 bits per heavy atom. The van der Waals surface area contributed by atoms with E-state index in [-0.39, 0.29) is 17.8 Å². The van der Waals surface area contributed by atoms with Crippen molar-refractivity contribution in [3.05, 3.63) is 58.9 Å². The minimum Gasteiger partial charge on any atom is -0.333 e. The van der Waals surface area contributed by atoms with Gasteiger partial charge in [-0.15, -0.1) is 0 Å². The van der Waals surface area contributed by atoms with Gasteiger partial charge in [0.2, 0.25) is 5.91 Å². The van der Waals surface area contributed by atoms with Crippen LogP contribution in [0, 0.1) is 19.7 Å². The van der Waals surface area contributed by atoms with E-state index < -0.39 is 0 Å². The molecule has 146 valence electrons. The van der Waals surface area contributed by atoms with Crippen LogP contribution in [0.25, 0.3) is 5.78 Å². The van der Waals surface area contributed by atoms with Gasteiger partial charge >= 0.3 is 0 Å². The SMILES string of the molecule is Cc1nc2ncnn2c(C)c1CCC(=O)N1CCNCC1c1cccc(F)c1. The summed E-state index contributed by atoms with van der Waals surface area (Å²) in [7, 11) is 0. The molecule has 0 bridgehead atoms. The van der Waals surface area contributed by atoms with Gasteiger partial charge in [0.1, 0.15) is 12.1 Å². The van der Waals surface area contributed by atoms with E-state index in [1.165, 1.54) is 18.5 Å². The molecule has 8 heteroatoms. The molecule has 3 aromatic rings. The van der Waals surface area contributed by atoms with Crippen molar-refractivity contribution >= 4 is 11.7 Å². The minimum absolute atomic E-state index is 0.0632.